The molecule has 0 aromatic rings. The van der Waals surface area contributed by atoms with Crippen molar-refractivity contribution in [2.24, 2.45) is 5.41 Å². The lowest BCUT2D eigenvalue weighted by Crippen LogP contribution is -2.41. The fourth-order valence-electron chi connectivity index (χ4n) is 2.77. The minimum absolute atomic E-state index is 0.639. The molecule has 0 radical (unpaired) electrons. The van der Waals surface area contributed by atoms with Crippen LogP contribution in [-0.4, -0.2) is 29.6 Å². The Morgan fingerprint density at radius 3 is 2.62 bits per heavy atom. The van der Waals surface area contributed by atoms with Gasteiger partial charge in [0, 0.05) is 19.6 Å². The Hall–Kier alpha value is -0.310. The third kappa shape index (κ3) is 1.43. The quantitative estimate of drug-likeness (QED) is 0.597. The second-order valence-electron chi connectivity index (χ2n) is 4.59. The zero-order valence-electron chi connectivity index (χ0n) is 8.47. The number of likely N-dealkylation sites (tertiary alicyclic amines) is 1. The van der Waals surface area contributed by atoms with E-state index < -0.39 is 0 Å². The summed E-state index contributed by atoms with van der Waals surface area (Å²) in [6.45, 7) is 3.48. The highest BCUT2D eigenvalue weighted by molar-refractivity contribution is 7.80. The maximum Gasteiger partial charge on any atom is 0.168 e. The molecule has 13 heavy (non-hydrogen) atoms. The van der Waals surface area contributed by atoms with Crippen LogP contribution < -0.4 is 5.32 Å². The van der Waals surface area contributed by atoms with E-state index in [2.05, 4.69) is 17.1 Å². The zero-order chi connectivity index (χ0) is 9.47. The van der Waals surface area contributed by atoms with Crippen LogP contribution in [0.4, 0.5) is 0 Å². The molecule has 74 valence electrons. The van der Waals surface area contributed by atoms with Gasteiger partial charge in [0.05, 0.1) is 0 Å². The van der Waals surface area contributed by atoms with Gasteiger partial charge >= 0.3 is 0 Å². The molecule has 1 aliphatic heterocycles. The third-order valence-electron chi connectivity index (χ3n) is 3.66. The van der Waals surface area contributed by atoms with Gasteiger partial charge in [-0.1, -0.05) is 6.42 Å². The van der Waals surface area contributed by atoms with Crippen molar-refractivity contribution in [2.75, 3.05) is 13.6 Å². The van der Waals surface area contributed by atoms with Crippen molar-refractivity contribution in [3.8, 4) is 0 Å². The summed E-state index contributed by atoms with van der Waals surface area (Å²) in [5, 5.41) is 4.01. The first kappa shape index (κ1) is 9.25. The number of hydrogen-bond donors (Lipinski definition) is 1. The van der Waals surface area contributed by atoms with E-state index >= 15 is 0 Å². The molecule has 2 aliphatic rings. The van der Waals surface area contributed by atoms with E-state index in [-0.39, 0.29) is 0 Å². The molecule has 0 amide bonds. The third-order valence-corrected chi connectivity index (χ3v) is 4.09. The van der Waals surface area contributed by atoms with E-state index in [0.29, 0.717) is 11.5 Å². The van der Waals surface area contributed by atoms with Gasteiger partial charge in [-0.25, -0.2) is 0 Å². The minimum Gasteiger partial charge on any atom is -0.366 e. The fourth-order valence-corrected chi connectivity index (χ4v) is 3.02. The van der Waals surface area contributed by atoms with Crippen LogP contribution in [0.5, 0.6) is 0 Å². The van der Waals surface area contributed by atoms with Gasteiger partial charge in [-0.3, -0.25) is 0 Å². The number of thiocarbonyl (C=S) groups is 1. The average Bonchev–Trinajstić information content (AvgIpc) is 2.41. The first-order valence-corrected chi connectivity index (χ1v) is 5.56. The van der Waals surface area contributed by atoms with Gasteiger partial charge in [0.1, 0.15) is 0 Å². The number of nitrogens with one attached hydrogen (secondary N) is 1. The number of nitrogens with zero attached hydrogens (tertiary/aromatic N) is 1. The standard InChI is InChI=1S/C10H18N2S/c1-8-6-10(4-3-5-10)7-12(8)9(13)11-2/h8H,3-7H2,1-2H3,(H,11,13). The van der Waals surface area contributed by atoms with Crippen LogP contribution in [-0.2, 0) is 0 Å². The molecular formula is C10H18N2S. The maximum absolute atomic E-state index is 5.28. The van der Waals surface area contributed by atoms with Gasteiger partial charge in [-0.2, -0.15) is 0 Å². The zero-order valence-corrected chi connectivity index (χ0v) is 9.28. The smallest absolute Gasteiger partial charge is 0.168 e. The molecule has 1 atom stereocenters. The predicted molar refractivity (Wildman–Crippen MR) is 58.7 cm³/mol. The van der Waals surface area contributed by atoms with E-state index in [1.165, 1.54) is 32.2 Å². The van der Waals surface area contributed by atoms with E-state index in [0.717, 1.165) is 5.11 Å². The van der Waals surface area contributed by atoms with E-state index in [4.69, 9.17) is 12.2 Å². The highest BCUT2D eigenvalue weighted by atomic mass is 32.1. The second kappa shape index (κ2) is 3.12. The van der Waals surface area contributed by atoms with Gasteiger partial charge in [0.25, 0.3) is 0 Å². The summed E-state index contributed by atoms with van der Waals surface area (Å²) in [4.78, 5) is 2.36. The van der Waals surface area contributed by atoms with Gasteiger partial charge in [0.15, 0.2) is 5.11 Å². The van der Waals surface area contributed by atoms with Crippen molar-refractivity contribution in [2.45, 2.75) is 38.6 Å². The first-order chi connectivity index (χ1) is 6.17. The summed E-state index contributed by atoms with van der Waals surface area (Å²) in [5.41, 5.74) is 0.639. The Kier molecular flexibility index (Phi) is 2.22. The lowest BCUT2D eigenvalue weighted by molar-refractivity contribution is 0.151. The topological polar surface area (TPSA) is 15.3 Å². The molecule has 2 fully saturated rings. The minimum atomic E-state index is 0.639. The first-order valence-electron chi connectivity index (χ1n) is 5.15. The molecule has 1 heterocycles. The number of rotatable bonds is 0. The van der Waals surface area contributed by atoms with Crippen molar-refractivity contribution >= 4 is 17.3 Å². The van der Waals surface area contributed by atoms with Crippen molar-refractivity contribution < 1.29 is 0 Å². The van der Waals surface area contributed by atoms with Crippen LogP contribution in [0.2, 0.25) is 0 Å². The average molecular weight is 198 g/mol. The highest BCUT2D eigenvalue weighted by Gasteiger charge is 2.46. The normalized spacial score (nSPS) is 30.3. The fraction of sp³-hybridized carbons (Fsp3) is 0.900. The monoisotopic (exact) mass is 198 g/mol. The predicted octanol–water partition coefficient (Wildman–Crippen LogP) is 1.76. The molecule has 2 nitrogen and oxygen atoms in total. The molecule has 0 aromatic heterocycles. The molecule has 1 N–H and O–H groups in total. The Morgan fingerprint density at radius 2 is 2.23 bits per heavy atom. The Balaban J connectivity index is 2.03. The van der Waals surface area contributed by atoms with Crippen LogP contribution in [0.1, 0.15) is 32.6 Å². The summed E-state index contributed by atoms with van der Waals surface area (Å²) in [6, 6.07) is 0.639. The number of hydrogen-bond acceptors (Lipinski definition) is 1. The van der Waals surface area contributed by atoms with Gasteiger partial charge in [0.2, 0.25) is 0 Å². The van der Waals surface area contributed by atoms with Gasteiger partial charge < -0.3 is 10.2 Å². The van der Waals surface area contributed by atoms with Crippen molar-refractivity contribution in [3.63, 3.8) is 0 Å². The van der Waals surface area contributed by atoms with Crippen molar-refractivity contribution in [3.05, 3.63) is 0 Å². The molecule has 1 unspecified atom stereocenters. The van der Waals surface area contributed by atoms with E-state index in [1.54, 1.807) is 0 Å². The lowest BCUT2D eigenvalue weighted by Gasteiger charge is -2.38. The molecule has 1 saturated carbocycles. The summed E-state index contributed by atoms with van der Waals surface area (Å²) in [7, 11) is 1.92. The molecule has 3 heteroatoms. The molecule has 0 aromatic carbocycles. The molecule has 0 bridgehead atoms. The van der Waals surface area contributed by atoms with Gasteiger partial charge in [-0.15, -0.1) is 0 Å². The molecule has 1 spiro atoms. The van der Waals surface area contributed by atoms with Crippen LogP contribution in [0, 0.1) is 5.41 Å². The van der Waals surface area contributed by atoms with E-state index in [9.17, 15) is 0 Å². The van der Waals surface area contributed by atoms with Gasteiger partial charge in [-0.05, 0) is 43.8 Å². The SMILES string of the molecule is CNC(=S)N1CC2(CCC2)CC1C. The molecule has 1 saturated heterocycles. The Labute approximate surface area is 85.7 Å². The summed E-state index contributed by atoms with van der Waals surface area (Å²) < 4.78 is 0. The van der Waals surface area contributed by atoms with E-state index in [1.807, 2.05) is 7.05 Å². The maximum atomic E-state index is 5.28. The Bertz CT molecular complexity index is 223. The van der Waals surface area contributed by atoms with Crippen LogP contribution in [0.25, 0.3) is 0 Å². The molecule has 1 aliphatic carbocycles. The Morgan fingerprint density at radius 1 is 1.54 bits per heavy atom. The molecule has 2 rings (SSSR count). The summed E-state index contributed by atoms with van der Waals surface area (Å²) in [5.74, 6) is 0. The van der Waals surface area contributed by atoms with Crippen LogP contribution >= 0.6 is 12.2 Å². The summed E-state index contributed by atoms with van der Waals surface area (Å²) in [6.07, 6.45) is 5.60. The second-order valence-corrected chi connectivity index (χ2v) is 4.98. The lowest BCUT2D eigenvalue weighted by atomic mass is 9.68. The van der Waals surface area contributed by atoms with Crippen LogP contribution in [0.3, 0.4) is 0 Å². The van der Waals surface area contributed by atoms with Crippen LogP contribution in [0.15, 0.2) is 0 Å². The largest absolute Gasteiger partial charge is 0.366 e. The summed E-state index contributed by atoms with van der Waals surface area (Å²) >= 11 is 5.28. The van der Waals surface area contributed by atoms with Crippen molar-refractivity contribution in [1.82, 2.24) is 10.2 Å². The molecular weight excluding hydrogens is 180 g/mol. The van der Waals surface area contributed by atoms with Crippen molar-refractivity contribution in [1.29, 1.82) is 0 Å². The highest BCUT2D eigenvalue weighted by Crippen LogP contribution is 2.50.